The Balaban J connectivity index is 1.42. The maximum Gasteiger partial charge on any atom is 0.338 e. The summed E-state index contributed by atoms with van der Waals surface area (Å²) in [7, 11) is 0. The molecule has 0 atom stereocenters. The van der Waals surface area contributed by atoms with Crippen molar-refractivity contribution >= 4 is 17.5 Å². The lowest BCUT2D eigenvalue weighted by Crippen LogP contribution is -2.15. The molecule has 0 aliphatic heterocycles. The summed E-state index contributed by atoms with van der Waals surface area (Å²) in [6.07, 6.45) is 0. The molecule has 0 unspecified atom stereocenters. The largest absolute Gasteiger partial charge is 0.454 e. The van der Waals surface area contributed by atoms with E-state index in [0.717, 1.165) is 5.69 Å². The van der Waals surface area contributed by atoms with Gasteiger partial charge in [-0.3, -0.25) is 14.2 Å². The summed E-state index contributed by atoms with van der Waals surface area (Å²) >= 11 is 0. The van der Waals surface area contributed by atoms with Crippen LogP contribution in [0.4, 0.5) is 0 Å². The van der Waals surface area contributed by atoms with Gasteiger partial charge in [-0.2, -0.15) is 0 Å². The Morgan fingerprint density at radius 3 is 2.15 bits per heavy atom. The molecule has 0 aliphatic carbocycles. The third-order valence-electron chi connectivity index (χ3n) is 5.33. The molecule has 0 fully saturated rings. The van der Waals surface area contributed by atoms with E-state index in [-0.39, 0.29) is 17.1 Å². The van der Waals surface area contributed by atoms with E-state index in [1.165, 1.54) is 12.1 Å². The predicted octanol–water partition coefficient (Wildman–Crippen LogP) is 4.66. The molecule has 7 heteroatoms. The number of ketones is 2. The summed E-state index contributed by atoms with van der Waals surface area (Å²) in [4.78, 5) is 37.6. The zero-order chi connectivity index (χ0) is 23.5. The van der Waals surface area contributed by atoms with Crippen LogP contribution in [0.3, 0.4) is 0 Å². The summed E-state index contributed by atoms with van der Waals surface area (Å²) in [5.41, 5.74) is 3.24. The third kappa shape index (κ3) is 4.52. The van der Waals surface area contributed by atoms with Gasteiger partial charge in [-0.15, -0.1) is 0 Å². The number of carbonyl (C=O) groups is 3. The van der Waals surface area contributed by atoms with Crippen LogP contribution in [0, 0.1) is 20.8 Å². The first-order valence-electron chi connectivity index (χ1n) is 10.4. The van der Waals surface area contributed by atoms with Crippen LogP contribution in [-0.4, -0.2) is 33.9 Å². The summed E-state index contributed by atoms with van der Waals surface area (Å²) < 4.78 is 12.2. The van der Waals surface area contributed by atoms with Crippen LogP contribution < -0.4 is 0 Å². The third-order valence-corrected chi connectivity index (χ3v) is 5.33. The molecule has 4 rings (SSSR count). The lowest BCUT2D eigenvalue weighted by molar-refractivity contribution is 0.0474. The van der Waals surface area contributed by atoms with Gasteiger partial charge in [-0.1, -0.05) is 47.6 Å². The zero-order valence-corrected chi connectivity index (χ0v) is 18.5. The molecule has 0 saturated carbocycles. The van der Waals surface area contributed by atoms with Crippen molar-refractivity contribution in [1.82, 2.24) is 9.72 Å². The van der Waals surface area contributed by atoms with E-state index in [9.17, 15) is 14.4 Å². The average molecular weight is 442 g/mol. The van der Waals surface area contributed by atoms with Crippen molar-refractivity contribution in [2.75, 3.05) is 6.61 Å². The van der Waals surface area contributed by atoms with Crippen LogP contribution in [-0.2, 0) is 4.74 Å². The highest BCUT2D eigenvalue weighted by molar-refractivity contribution is 6.09. The Morgan fingerprint density at radius 2 is 1.52 bits per heavy atom. The standard InChI is InChI=1S/C26H22N2O5/c1-16-13-22(18(3)28(16)24-14-17(2)33-27-24)23(29)15-32-26(31)21-11-9-20(10-12-21)25(30)19-7-5-4-6-8-19/h4-14H,15H2,1-3H3. The number of esters is 1. The number of aryl methyl sites for hydroxylation is 2. The number of hydrogen-bond donors (Lipinski definition) is 0. The highest BCUT2D eigenvalue weighted by atomic mass is 16.5. The Hall–Kier alpha value is -4.26. The van der Waals surface area contributed by atoms with Crippen molar-refractivity contribution in [3.63, 3.8) is 0 Å². The zero-order valence-electron chi connectivity index (χ0n) is 18.5. The summed E-state index contributed by atoms with van der Waals surface area (Å²) in [6.45, 7) is 5.05. The van der Waals surface area contributed by atoms with E-state index in [0.29, 0.717) is 34.0 Å². The first-order valence-corrected chi connectivity index (χ1v) is 10.4. The molecule has 4 aromatic rings. The van der Waals surface area contributed by atoms with Crippen molar-refractivity contribution in [1.29, 1.82) is 0 Å². The van der Waals surface area contributed by atoms with Crippen LogP contribution in [0.1, 0.15) is 53.8 Å². The van der Waals surface area contributed by atoms with Gasteiger partial charge in [-0.05, 0) is 39.0 Å². The smallest absolute Gasteiger partial charge is 0.338 e. The number of rotatable bonds is 7. The molecule has 166 valence electrons. The Kier molecular flexibility index (Phi) is 6.04. The minimum atomic E-state index is -0.636. The Morgan fingerprint density at radius 1 is 0.879 bits per heavy atom. The van der Waals surface area contributed by atoms with Gasteiger partial charge in [0.1, 0.15) is 5.76 Å². The molecule has 0 aliphatic rings. The molecule has 7 nitrogen and oxygen atoms in total. The predicted molar refractivity (Wildman–Crippen MR) is 121 cm³/mol. The van der Waals surface area contributed by atoms with Crippen LogP contribution in [0.5, 0.6) is 0 Å². The minimum Gasteiger partial charge on any atom is -0.454 e. The van der Waals surface area contributed by atoms with Gasteiger partial charge in [0, 0.05) is 34.1 Å². The normalized spacial score (nSPS) is 10.8. The van der Waals surface area contributed by atoms with Gasteiger partial charge in [0.25, 0.3) is 0 Å². The van der Waals surface area contributed by atoms with Crippen molar-refractivity contribution in [3.8, 4) is 5.82 Å². The molecule has 0 N–H and O–H groups in total. The number of hydrogen-bond acceptors (Lipinski definition) is 6. The molecule has 33 heavy (non-hydrogen) atoms. The number of ether oxygens (including phenoxy) is 1. The van der Waals surface area contributed by atoms with E-state index in [4.69, 9.17) is 9.26 Å². The molecule has 0 radical (unpaired) electrons. The van der Waals surface area contributed by atoms with Crippen LogP contribution in [0.2, 0.25) is 0 Å². The van der Waals surface area contributed by atoms with E-state index < -0.39 is 12.6 Å². The topological polar surface area (TPSA) is 91.4 Å². The number of aromatic nitrogens is 2. The first kappa shape index (κ1) is 22.0. The fourth-order valence-electron chi connectivity index (χ4n) is 3.66. The second-order valence-corrected chi connectivity index (χ2v) is 7.69. The first-order chi connectivity index (χ1) is 15.8. The molecule has 0 bridgehead atoms. The molecule has 0 spiro atoms. The molecule has 0 amide bonds. The lowest BCUT2D eigenvalue weighted by atomic mass is 10.0. The molecule has 2 heterocycles. The van der Waals surface area contributed by atoms with Crippen molar-refractivity contribution in [3.05, 3.63) is 106 Å². The second kappa shape index (κ2) is 9.08. The molecule has 2 aromatic heterocycles. The minimum absolute atomic E-state index is 0.136. The van der Waals surface area contributed by atoms with Crippen molar-refractivity contribution in [2.45, 2.75) is 20.8 Å². The fourth-order valence-corrected chi connectivity index (χ4v) is 3.66. The number of nitrogens with zero attached hydrogens (tertiary/aromatic N) is 2. The molecule has 2 aromatic carbocycles. The summed E-state index contributed by atoms with van der Waals surface area (Å²) in [5.74, 6) is 0.157. The number of carbonyl (C=O) groups excluding carboxylic acids is 3. The summed E-state index contributed by atoms with van der Waals surface area (Å²) in [5, 5.41) is 4.00. The Labute approximate surface area is 190 Å². The van der Waals surface area contributed by atoms with Crippen LogP contribution in [0.15, 0.2) is 71.3 Å². The van der Waals surface area contributed by atoms with Crippen molar-refractivity contribution < 1.29 is 23.6 Å². The van der Waals surface area contributed by atoms with Gasteiger partial charge in [0.05, 0.1) is 5.56 Å². The van der Waals surface area contributed by atoms with E-state index in [1.807, 2.05) is 17.6 Å². The van der Waals surface area contributed by atoms with E-state index >= 15 is 0 Å². The van der Waals surface area contributed by atoms with E-state index in [2.05, 4.69) is 5.16 Å². The maximum atomic E-state index is 12.7. The summed E-state index contributed by atoms with van der Waals surface area (Å²) in [6, 6.07) is 18.6. The molecular formula is C26H22N2O5. The highest BCUT2D eigenvalue weighted by Crippen LogP contribution is 2.21. The average Bonchev–Trinajstić information content (AvgIpc) is 3.39. The van der Waals surface area contributed by atoms with Crippen molar-refractivity contribution in [2.24, 2.45) is 0 Å². The van der Waals surface area contributed by atoms with Crippen LogP contribution in [0.25, 0.3) is 5.82 Å². The Bertz CT molecular complexity index is 1330. The second-order valence-electron chi connectivity index (χ2n) is 7.69. The fraction of sp³-hybridized carbons (Fsp3) is 0.154. The van der Waals surface area contributed by atoms with Gasteiger partial charge >= 0.3 is 5.97 Å². The highest BCUT2D eigenvalue weighted by Gasteiger charge is 2.20. The van der Waals surface area contributed by atoms with Gasteiger partial charge in [0.15, 0.2) is 18.2 Å². The van der Waals surface area contributed by atoms with Gasteiger partial charge < -0.3 is 9.26 Å². The van der Waals surface area contributed by atoms with E-state index in [1.54, 1.807) is 62.4 Å². The van der Waals surface area contributed by atoms with Gasteiger partial charge in [-0.25, -0.2) is 4.79 Å². The van der Waals surface area contributed by atoms with Gasteiger partial charge in [0.2, 0.25) is 5.78 Å². The number of benzene rings is 2. The lowest BCUT2D eigenvalue weighted by Gasteiger charge is -2.07. The number of Topliss-reactive ketones (excluding diaryl/α,β-unsaturated/α-hetero) is 1. The quantitative estimate of drug-likeness (QED) is 0.305. The SMILES string of the molecule is Cc1cc(-n2c(C)cc(C(=O)COC(=O)c3ccc(C(=O)c4ccccc4)cc3)c2C)no1. The molecule has 0 saturated heterocycles. The molecular weight excluding hydrogens is 420 g/mol. The van der Waals surface area contributed by atoms with Crippen LogP contribution >= 0.6 is 0 Å². The maximum absolute atomic E-state index is 12.7. The monoisotopic (exact) mass is 442 g/mol.